The van der Waals surface area contributed by atoms with Gasteiger partial charge in [0.2, 0.25) is 5.95 Å². The van der Waals surface area contributed by atoms with Gasteiger partial charge < -0.3 is 19.8 Å². The lowest BCUT2D eigenvalue weighted by Gasteiger charge is -2.31. The summed E-state index contributed by atoms with van der Waals surface area (Å²) in [4.78, 5) is 38.5. The molecule has 0 bridgehead atoms. The van der Waals surface area contributed by atoms with Crippen LogP contribution in [0.1, 0.15) is 18.4 Å². The smallest absolute Gasteiger partial charge is 0.325 e. The molecule has 0 radical (unpaired) electrons. The largest absolute Gasteiger partial charge is 0.377 e. The minimum atomic E-state index is -0.499. The van der Waals surface area contributed by atoms with Crippen molar-refractivity contribution in [3.63, 3.8) is 0 Å². The second-order valence-corrected chi connectivity index (χ2v) is 7.28. The summed E-state index contributed by atoms with van der Waals surface area (Å²) in [6.07, 6.45) is 6.71. The van der Waals surface area contributed by atoms with Gasteiger partial charge in [-0.25, -0.2) is 14.8 Å². The summed E-state index contributed by atoms with van der Waals surface area (Å²) in [5, 5.41) is 3.21. The fraction of sp³-hybridized carbons (Fsp3) is 0.556. The summed E-state index contributed by atoms with van der Waals surface area (Å²) in [7, 11) is 0. The average molecular weight is 388 g/mol. The molecule has 10 heteroatoms. The Morgan fingerprint density at radius 1 is 1.32 bits per heavy atom. The van der Waals surface area contributed by atoms with Crippen LogP contribution < -0.4 is 16.6 Å². The first-order valence-corrected chi connectivity index (χ1v) is 9.42. The van der Waals surface area contributed by atoms with E-state index in [1.54, 1.807) is 18.5 Å². The van der Waals surface area contributed by atoms with Crippen molar-refractivity contribution in [1.82, 2.24) is 24.8 Å². The van der Waals surface area contributed by atoms with Crippen molar-refractivity contribution in [2.24, 2.45) is 0 Å². The van der Waals surface area contributed by atoms with Gasteiger partial charge in [0.1, 0.15) is 5.60 Å². The molecule has 1 spiro atoms. The summed E-state index contributed by atoms with van der Waals surface area (Å²) in [5.41, 5.74) is -0.731. The fourth-order valence-electron chi connectivity index (χ4n) is 3.77. The van der Waals surface area contributed by atoms with Crippen molar-refractivity contribution >= 4 is 5.95 Å². The van der Waals surface area contributed by atoms with E-state index in [0.717, 1.165) is 12.8 Å². The zero-order valence-corrected chi connectivity index (χ0v) is 15.5. The monoisotopic (exact) mass is 388 g/mol. The quantitative estimate of drug-likeness (QED) is 0.638. The molecular formula is C18H24N6O4. The number of nitrogens with one attached hydrogen (secondary N) is 3. The van der Waals surface area contributed by atoms with Crippen molar-refractivity contribution in [2.45, 2.75) is 31.1 Å². The van der Waals surface area contributed by atoms with E-state index in [1.807, 2.05) is 0 Å². The summed E-state index contributed by atoms with van der Waals surface area (Å²) >= 11 is 0. The minimum Gasteiger partial charge on any atom is -0.377 e. The molecule has 4 rings (SSSR count). The molecule has 0 aliphatic carbocycles. The van der Waals surface area contributed by atoms with Crippen LogP contribution in [-0.2, 0) is 16.0 Å². The SMILES string of the molecule is O=c1[nH]cc(CN2CCOC[C@]3(CC[C@H](CNc4ncccn4)O3)C2)c(=O)[nH]1. The Morgan fingerprint density at radius 3 is 3.00 bits per heavy atom. The molecule has 28 heavy (non-hydrogen) atoms. The number of nitrogens with zero attached hydrogens (tertiary/aromatic N) is 3. The van der Waals surface area contributed by atoms with E-state index in [4.69, 9.17) is 9.47 Å². The van der Waals surface area contributed by atoms with Crippen LogP contribution in [0, 0.1) is 0 Å². The average Bonchev–Trinajstić information content (AvgIpc) is 2.98. The molecule has 2 fully saturated rings. The van der Waals surface area contributed by atoms with Gasteiger partial charge in [-0.2, -0.15) is 0 Å². The molecule has 2 aliphatic heterocycles. The van der Waals surface area contributed by atoms with Crippen LogP contribution in [0.3, 0.4) is 0 Å². The second-order valence-electron chi connectivity index (χ2n) is 7.28. The highest BCUT2D eigenvalue weighted by molar-refractivity contribution is 5.22. The Kier molecular flexibility index (Phi) is 5.51. The zero-order chi connectivity index (χ0) is 19.4. The van der Waals surface area contributed by atoms with E-state index in [2.05, 4.69) is 30.2 Å². The number of hydrogen-bond donors (Lipinski definition) is 3. The van der Waals surface area contributed by atoms with Gasteiger partial charge in [0.05, 0.1) is 19.3 Å². The number of hydrogen-bond acceptors (Lipinski definition) is 8. The van der Waals surface area contributed by atoms with Crippen LogP contribution >= 0.6 is 0 Å². The van der Waals surface area contributed by atoms with Gasteiger partial charge >= 0.3 is 5.69 Å². The fourth-order valence-corrected chi connectivity index (χ4v) is 3.77. The number of aromatic amines is 2. The summed E-state index contributed by atoms with van der Waals surface area (Å²) in [5.74, 6) is 0.586. The maximum Gasteiger partial charge on any atom is 0.325 e. The third kappa shape index (κ3) is 4.46. The normalized spacial score (nSPS) is 25.6. The third-order valence-electron chi connectivity index (χ3n) is 5.11. The first-order valence-electron chi connectivity index (χ1n) is 9.42. The van der Waals surface area contributed by atoms with Crippen molar-refractivity contribution in [2.75, 3.05) is 38.2 Å². The van der Waals surface area contributed by atoms with Crippen molar-refractivity contribution in [3.8, 4) is 0 Å². The predicted octanol–water partition coefficient (Wildman–Crippen LogP) is -0.285. The standard InChI is InChI=1S/C18H24N6O4/c25-15-13(8-22-17(26)23-15)10-24-6-7-27-12-18(11-24)3-2-14(28-18)9-21-16-19-4-1-5-20-16/h1,4-5,8,14H,2-3,6-7,9-12H2,(H,19,20,21)(H2,22,23,25,26)/t14-,18+/m1/s1. The molecule has 150 valence electrons. The van der Waals surface area contributed by atoms with Gasteiger partial charge in [0.25, 0.3) is 5.56 Å². The van der Waals surface area contributed by atoms with E-state index in [9.17, 15) is 9.59 Å². The molecule has 2 aliphatic rings. The highest BCUT2D eigenvalue weighted by Crippen LogP contribution is 2.33. The van der Waals surface area contributed by atoms with E-state index in [0.29, 0.717) is 50.9 Å². The molecule has 4 heterocycles. The van der Waals surface area contributed by atoms with Gasteiger partial charge in [-0.05, 0) is 18.9 Å². The Hall–Kier alpha value is -2.56. The van der Waals surface area contributed by atoms with Crippen LogP contribution in [0.15, 0.2) is 34.2 Å². The minimum absolute atomic E-state index is 0.0452. The van der Waals surface area contributed by atoms with E-state index < -0.39 is 11.3 Å². The predicted molar refractivity (Wildman–Crippen MR) is 101 cm³/mol. The molecule has 2 atom stereocenters. The van der Waals surface area contributed by atoms with Gasteiger partial charge in [0.15, 0.2) is 0 Å². The maximum atomic E-state index is 12.0. The zero-order valence-electron chi connectivity index (χ0n) is 15.5. The Bertz CT molecular complexity index is 901. The molecule has 0 amide bonds. The maximum absolute atomic E-state index is 12.0. The first-order chi connectivity index (χ1) is 13.6. The summed E-state index contributed by atoms with van der Waals surface area (Å²) < 4.78 is 12.2. The number of anilines is 1. The first kappa shape index (κ1) is 18.8. The Balaban J connectivity index is 1.38. The van der Waals surface area contributed by atoms with Crippen LogP contribution in [0.4, 0.5) is 5.95 Å². The lowest BCUT2D eigenvalue weighted by atomic mass is 10.00. The van der Waals surface area contributed by atoms with E-state index >= 15 is 0 Å². The van der Waals surface area contributed by atoms with E-state index in [1.165, 1.54) is 6.20 Å². The highest BCUT2D eigenvalue weighted by Gasteiger charge is 2.43. The molecule has 2 aromatic rings. The number of ether oxygens (including phenoxy) is 2. The Labute approximate surface area is 161 Å². The van der Waals surface area contributed by atoms with Gasteiger partial charge in [-0.3, -0.25) is 14.7 Å². The summed E-state index contributed by atoms with van der Waals surface area (Å²) in [6, 6.07) is 1.77. The number of H-pyrrole nitrogens is 2. The molecule has 10 nitrogen and oxygen atoms in total. The molecule has 0 unspecified atom stereocenters. The van der Waals surface area contributed by atoms with Crippen LogP contribution in [0.2, 0.25) is 0 Å². The third-order valence-corrected chi connectivity index (χ3v) is 5.11. The van der Waals surface area contributed by atoms with Crippen molar-refractivity contribution < 1.29 is 9.47 Å². The highest BCUT2D eigenvalue weighted by atomic mass is 16.6. The van der Waals surface area contributed by atoms with Gasteiger partial charge in [0, 0.05) is 50.3 Å². The lowest BCUT2D eigenvalue weighted by molar-refractivity contribution is -0.0827. The van der Waals surface area contributed by atoms with E-state index in [-0.39, 0.29) is 11.7 Å². The number of rotatable bonds is 5. The van der Waals surface area contributed by atoms with Gasteiger partial charge in [-0.15, -0.1) is 0 Å². The topological polar surface area (TPSA) is 125 Å². The second kappa shape index (κ2) is 8.21. The summed E-state index contributed by atoms with van der Waals surface area (Å²) in [6.45, 7) is 3.54. The van der Waals surface area contributed by atoms with Crippen LogP contribution in [-0.4, -0.2) is 69.4 Å². The van der Waals surface area contributed by atoms with Crippen molar-refractivity contribution in [3.05, 3.63) is 51.1 Å². The molecular weight excluding hydrogens is 364 g/mol. The van der Waals surface area contributed by atoms with Crippen LogP contribution in [0.25, 0.3) is 0 Å². The molecule has 3 N–H and O–H groups in total. The van der Waals surface area contributed by atoms with Crippen molar-refractivity contribution in [1.29, 1.82) is 0 Å². The molecule has 0 saturated carbocycles. The number of aromatic nitrogens is 4. The lowest BCUT2D eigenvalue weighted by Crippen LogP contribution is -2.45. The molecule has 0 aromatic carbocycles. The molecule has 2 aromatic heterocycles. The Morgan fingerprint density at radius 2 is 2.18 bits per heavy atom. The molecule has 2 saturated heterocycles. The van der Waals surface area contributed by atoms with Gasteiger partial charge in [-0.1, -0.05) is 0 Å². The van der Waals surface area contributed by atoms with Crippen LogP contribution in [0.5, 0.6) is 0 Å².